The molecule has 0 spiro atoms. The molecule has 54 valence electrons. The second-order valence-corrected chi connectivity index (χ2v) is 2.90. The molecule has 0 bridgehead atoms. The van der Waals surface area contributed by atoms with Crippen molar-refractivity contribution < 1.29 is 13.8 Å². The summed E-state index contributed by atoms with van der Waals surface area (Å²) >= 11 is 0. The lowest BCUT2D eigenvalue weighted by Crippen LogP contribution is -2.10. The van der Waals surface area contributed by atoms with Crippen LogP contribution >= 0.6 is 8.03 Å². The van der Waals surface area contributed by atoms with Crippen LogP contribution in [0, 0.1) is 0 Å². The van der Waals surface area contributed by atoms with Gasteiger partial charge in [0.15, 0.2) is 6.66 Å². The van der Waals surface area contributed by atoms with E-state index in [9.17, 15) is 4.57 Å². The Balaban J connectivity index is 3.26. The molecule has 0 aromatic carbocycles. The lowest BCUT2D eigenvalue weighted by atomic mass is 10.5. The Kier molecular flexibility index (Phi) is 4.87. The summed E-state index contributed by atoms with van der Waals surface area (Å²) < 4.78 is 20.0. The Morgan fingerprint density at radius 3 is 2.56 bits per heavy atom. The minimum atomic E-state index is -1.48. The number of hydrogen-bond acceptors (Lipinski definition) is 3. The maximum atomic E-state index is 10.4. The first-order valence-corrected chi connectivity index (χ1v) is 4.36. The van der Waals surface area contributed by atoms with E-state index in [2.05, 4.69) is 0 Å². The van der Waals surface area contributed by atoms with Crippen molar-refractivity contribution in [2.45, 2.75) is 13.0 Å². The minimum absolute atomic E-state index is 0.0661. The Morgan fingerprint density at radius 2 is 2.22 bits per heavy atom. The highest BCUT2D eigenvalue weighted by atomic mass is 31.1. The average Bonchev–Trinajstić information content (AvgIpc) is 1.63. The Morgan fingerprint density at radius 1 is 1.67 bits per heavy atom. The molecule has 0 saturated heterocycles. The second kappa shape index (κ2) is 4.86. The maximum absolute atomic E-state index is 10.4. The molecule has 0 saturated carbocycles. The molecule has 3 nitrogen and oxygen atoms in total. The van der Waals surface area contributed by atoms with Crippen LogP contribution in [-0.2, 0) is 13.8 Å². The van der Waals surface area contributed by atoms with Crippen molar-refractivity contribution in [3.05, 3.63) is 0 Å². The predicted octanol–water partition coefficient (Wildman–Crippen LogP) is 1.41. The SMILES string of the molecule is COCC(C)O[P+](C)=O. The van der Waals surface area contributed by atoms with E-state index in [-0.39, 0.29) is 6.10 Å². The van der Waals surface area contributed by atoms with Crippen molar-refractivity contribution in [1.82, 2.24) is 0 Å². The van der Waals surface area contributed by atoms with E-state index in [1.807, 2.05) is 6.92 Å². The van der Waals surface area contributed by atoms with Gasteiger partial charge in [-0.2, -0.15) is 0 Å². The smallest absolute Gasteiger partial charge is 0.382 e. The summed E-state index contributed by atoms with van der Waals surface area (Å²) in [5.41, 5.74) is 0. The molecule has 0 fully saturated rings. The van der Waals surface area contributed by atoms with Crippen molar-refractivity contribution in [2.75, 3.05) is 20.4 Å². The fourth-order valence-electron chi connectivity index (χ4n) is 0.519. The van der Waals surface area contributed by atoms with Crippen LogP contribution in [-0.4, -0.2) is 26.5 Å². The first-order chi connectivity index (χ1) is 4.16. The molecule has 0 aliphatic rings. The zero-order valence-electron chi connectivity index (χ0n) is 5.96. The molecule has 9 heavy (non-hydrogen) atoms. The lowest BCUT2D eigenvalue weighted by molar-refractivity contribution is 0.0982. The zero-order chi connectivity index (χ0) is 7.28. The highest BCUT2D eigenvalue weighted by molar-refractivity contribution is 7.38. The largest absolute Gasteiger partial charge is 0.505 e. The Bertz CT molecular complexity index is 94.2. The number of methoxy groups -OCH3 is 1. The maximum Gasteiger partial charge on any atom is 0.505 e. The first-order valence-electron chi connectivity index (χ1n) is 2.73. The predicted molar refractivity (Wildman–Crippen MR) is 36.0 cm³/mol. The summed E-state index contributed by atoms with van der Waals surface area (Å²) in [6, 6.07) is 0. The number of rotatable bonds is 4. The number of ether oxygens (including phenoxy) is 1. The normalized spacial score (nSPS) is 15.2. The van der Waals surface area contributed by atoms with Crippen LogP contribution in [0.2, 0.25) is 0 Å². The van der Waals surface area contributed by atoms with Gasteiger partial charge in [-0.25, -0.2) is 0 Å². The molecule has 4 heteroatoms. The first kappa shape index (κ1) is 9.02. The van der Waals surface area contributed by atoms with Crippen LogP contribution in [0.3, 0.4) is 0 Å². The molecule has 0 N–H and O–H groups in total. The standard InChI is InChI=1S/C5H12O3P/c1-5(4-7-2)8-9(3)6/h5H,4H2,1-3H3/q+1. The summed E-state index contributed by atoms with van der Waals surface area (Å²) in [6.07, 6.45) is -0.0661. The quantitative estimate of drug-likeness (QED) is 0.570. The van der Waals surface area contributed by atoms with Crippen molar-refractivity contribution in [2.24, 2.45) is 0 Å². The van der Waals surface area contributed by atoms with Gasteiger partial charge < -0.3 is 4.74 Å². The van der Waals surface area contributed by atoms with Gasteiger partial charge in [-0.1, -0.05) is 0 Å². The molecule has 0 heterocycles. The fourth-order valence-corrected chi connectivity index (χ4v) is 1.09. The van der Waals surface area contributed by atoms with Crippen LogP contribution in [0.5, 0.6) is 0 Å². The molecule has 2 atom stereocenters. The highest BCUT2D eigenvalue weighted by Crippen LogP contribution is 2.17. The third-order valence-corrected chi connectivity index (χ3v) is 1.39. The molecular weight excluding hydrogens is 139 g/mol. The molecule has 0 rings (SSSR count). The van der Waals surface area contributed by atoms with E-state index in [0.717, 1.165) is 0 Å². The number of hydrogen-bond donors (Lipinski definition) is 0. The van der Waals surface area contributed by atoms with Gasteiger partial charge in [0.05, 0.1) is 6.61 Å². The van der Waals surface area contributed by atoms with Gasteiger partial charge in [0.25, 0.3) is 0 Å². The Hall–Kier alpha value is 0.0200. The molecule has 0 radical (unpaired) electrons. The van der Waals surface area contributed by atoms with Gasteiger partial charge in [0.1, 0.15) is 6.10 Å². The van der Waals surface area contributed by atoms with Crippen molar-refractivity contribution in [3.63, 3.8) is 0 Å². The molecule has 0 aliphatic carbocycles. The van der Waals surface area contributed by atoms with Crippen LogP contribution < -0.4 is 0 Å². The molecule has 0 aromatic heterocycles. The summed E-state index contributed by atoms with van der Waals surface area (Å²) in [6.45, 7) is 3.84. The second-order valence-electron chi connectivity index (χ2n) is 1.81. The summed E-state index contributed by atoms with van der Waals surface area (Å²) in [7, 11) is 0.104. The van der Waals surface area contributed by atoms with Crippen molar-refractivity contribution >= 4 is 8.03 Å². The van der Waals surface area contributed by atoms with Gasteiger partial charge in [0.2, 0.25) is 0 Å². The van der Waals surface area contributed by atoms with Crippen LogP contribution in [0.15, 0.2) is 0 Å². The van der Waals surface area contributed by atoms with Gasteiger partial charge in [-0.15, -0.1) is 4.52 Å². The third-order valence-electron chi connectivity index (χ3n) is 0.730. The summed E-state index contributed by atoms with van der Waals surface area (Å²) in [5.74, 6) is 0. The van der Waals surface area contributed by atoms with Gasteiger partial charge in [-0.3, -0.25) is 0 Å². The van der Waals surface area contributed by atoms with Crippen LogP contribution in [0.25, 0.3) is 0 Å². The van der Waals surface area contributed by atoms with Crippen LogP contribution in [0.4, 0.5) is 0 Å². The fraction of sp³-hybridized carbons (Fsp3) is 1.00. The van der Waals surface area contributed by atoms with E-state index >= 15 is 0 Å². The lowest BCUT2D eigenvalue weighted by Gasteiger charge is -1.99. The average molecular weight is 151 g/mol. The van der Waals surface area contributed by atoms with E-state index in [0.29, 0.717) is 6.61 Å². The molecule has 0 aliphatic heterocycles. The topological polar surface area (TPSA) is 35.5 Å². The van der Waals surface area contributed by atoms with E-state index < -0.39 is 8.03 Å². The zero-order valence-corrected chi connectivity index (χ0v) is 6.85. The van der Waals surface area contributed by atoms with Gasteiger partial charge >= 0.3 is 8.03 Å². The third kappa shape index (κ3) is 5.90. The summed E-state index contributed by atoms with van der Waals surface area (Å²) in [4.78, 5) is 0. The van der Waals surface area contributed by atoms with Crippen molar-refractivity contribution in [3.8, 4) is 0 Å². The molecule has 2 unspecified atom stereocenters. The monoisotopic (exact) mass is 151 g/mol. The molecule has 0 aromatic rings. The molecular formula is C5H12O3P+. The summed E-state index contributed by atoms with van der Waals surface area (Å²) in [5, 5.41) is 0. The highest BCUT2D eigenvalue weighted by Gasteiger charge is 2.13. The van der Waals surface area contributed by atoms with Crippen LogP contribution in [0.1, 0.15) is 6.92 Å². The van der Waals surface area contributed by atoms with Gasteiger partial charge in [0, 0.05) is 7.11 Å². The van der Waals surface area contributed by atoms with E-state index in [4.69, 9.17) is 9.26 Å². The van der Waals surface area contributed by atoms with Crippen molar-refractivity contribution in [1.29, 1.82) is 0 Å². The van der Waals surface area contributed by atoms with E-state index in [1.54, 1.807) is 7.11 Å². The van der Waals surface area contributed by atoms with E-state index in [1.165, 1.54) is 6.66 Å². The van der Waals surface area contributed by atoms with Gasteiger partial charge in [-0.05, 0) is 11.5 Å². The minimum Gasteiger partial charge on any atom is -0.382 e. The Labute approximate surface area is 56.2 Å². The molecule has 0 amide bonds.